The Labute approximate surface area is 109 Å². The van der Waals surface area contributed by atoms with Gasteiger partial charge in [-0.05, 0) is 31.7 Å². The molecule has 1 saturated heterocycles. The van der Waals surface area contributed by atoms with Gasteiger partial charge in [-0.1, -0.05) is 30.3 Å². The van der Waals surface area contributed by atoms with E-state index in [1.807, 2.05) is 13.0 Å². The van der Waals surface area contributed by atoms with E-state index in [1.54, 1.807) is 0 Å². The number of ether oxygens (including phenoxy) is 1. The Balaban J connectivity index is 1.55. The number of amides is 1. The molecule has 1 aromatic rings. The molecular formula is C15H21NO2. The molecule has 0 spiro atoms. The first-order valence-electron chi connectivity index (χ1n) is 6.70. The number of carbonyl (C=O) groups excluding carboxylic acids is 1. The van der Waals surface area contributed by atoms with Gasteiger partial charge in [0.1, 0.15) is 0 Å². The summed E-state index contributed by atoms with van der Waals surface area (Å²) in [6.45, 7) is 3.50. The maximum Gasteiger partial charge on any atom is 0.227 e. The van der Waals surface area contributed by atoms with Crippen molar-refractivity contribution in [2.24, 2.45) is 5.92 Å². The van der Waals surface area contributed by atoms with E-state index < -0.39 is 0 Å². The summed E-state index contributed by atoms with van der Waals surface area (Å²) in [5.41, 5.74) is 1.38. The van der Waals surface area contributed by atoms with Crippen LogP contribution in [0.2, 0.25) is 0 Å². The first-order chi connectivity index (χ1) is 8.77. The Morgan fingerprint density at radius 1 is 1.33 bits per heavy atom. The van der Waals surface area contributed by atoms with Crippen LogP contribution in [0.25, 0.3) is 0 Å². The van der Waals surface area contributed by atoms with E-state index in [1.165, 1.54) is 5.56 Å². The Hall–Kier alpha value is -1.35. The lowest BCUT2D eigenvalue weighted by atomic mass is 9.96. The molecule has 1 heterocycles. The minimum atomic E-state index is 0.0514. The zero-order chi connectivity index (χ0) is 12.8. The maximum absolute atomic E-state index is 11.2. The normalized spacial score (nSPS) is 20.1. The summed E-state index contributed by atoms with van der Waals surface area (Å²) in [5.74, 6) is 0.200. The van der Waals surface area contributed by atoms with Crippen LogP contribution in [-0.2, 0) is 16.0 Å². The topological polar surface area (TPSA) is 38.3 Å². The summed E-state index contributed by atoms with van der Waals surface area (Å²) in [5, 5.41) is 2.74. The van der Waals surface area contributed by atoms with Gasteiger partial charge in [0.15, 0.2) is 0 Å². The highest BCUT2D eigenvalue weighted by Gasteiger charge is 2.33. The van der Waals surface area contributed by atoms with Gasteiger partial charge in [-0.3, -0.25) is 4.79 Å². The molecule has 1 aliphatic heterocycles. The van der Waals surface area contributed by atoms with Crippen LogP contribution >= 0.6 is 0 Å². The van der Waals surface area contributed by atoms with Crippen LogP contribution in [0.5, 0.6) is 0 Å². The molecule has 0 saturated carbocycles. The van der Waals surface area contributed by atoms with Gasteiger partial charge < -0.3 is 10.1 Å². The lowest BCUT2D eigenvalue weighted by Crippen LogP contribution is -2.53. The molecule has 1 amide bonds. The van der Waals surface area contributed by atoms with Crippen molar-refractivity contribution < 1.29 is 9.53 Å². The molecule has 0 unspecified atom stereocenters. The highest BCUT2D eigenvalue weighted by atomic mass is 16.5. The molecule has 0 aliphatic carbocycles. The van der Waals surface area contributed by atoms with Crippen LogP contribution in [0.4, 0.5) is 0 Å². The monoisotopic (exact) mass is 247 g/mol. The number of hydrogen-bond acceptors (Lipinski definition) is 2. The molecule has 0 radical (unpaired) electrons. The summed E-state index contributed by atoms with van der Waals surface area (Å²) >= 11 is 0. The van der Waals surface area contributed by atoms with Gasteiger partial charge in [0.05, 0.1) is 12.0 Å². The molecule has 1 fully saturated rings. The van der Waals surface area contributed by atoms with E-state index in [4.69, 9.17) is 4.74 Å². The van der Waals surface area contributed by atoms with Crippen molar-refractivity contribution in [3.05, 3.63) is 35.9 Å². The van der Waals surface area contributed by atoms with Crippen molar-refractivity contribution in [2.75, 3.05) is 13.2 Å². The average Bonchev–Trinajstić information content (AvgIpc) is 2.38. The molecule has 2 rings (SSSR count). The van der Waals surface area contributed by atoms with Gasteiger partial charge in [-0.2, -0.15) is 0 Å². The zero-order valence-corrected chi connectivity index (χ0v) is 10.9. The Kier molecular flexibility index (Phi) is 4.76. The van der Waals surface area contributed by atoms with Gasteiger partial charge in [0.25, 0.3) is 0 Å². The zero-order valence-electron chi connectivity index (χ0n) is 10.9. The first-order valence-corrected chi connectivity index (χ1v) is 6.70. The van der Waals surface area contributed by atoms with Crippen molar-refractivity contribution in [3.8, 4) is 0 Å². The molecular weight excluding hydrogens is 226 g/mol. The summed E-state index contributed by atoms with van der Waals surface area (Å²) in [7, 11) is 0. The Morgan fingerprint density at radius 2 is 2.11 bits per heavy atom. The SMILES string of the molecule is C[C@@H](OCCCCc1ccccc1)[C@@H]1CNC1=O. The molecule has 2 atom stereocenters. The van der Waals surface area contributed by atoms with E-state index in [-0.39, 0.29) is 17.9 Å². The van der Waals surface area contributed by atoms with Crippen molar-refractivity contribution in [3.63, 3.8) is 0 Å². The number of carbonyl (C=O) groups is 1. The molecule has 3 heteroatoms. The standard InChI is InChI=1S/C15H21NO2/c1-12(14-11-16-15(14)17)18-10-6-5-9-13-7-3-2-4-8-13/h2-4,7-8,12,14H,5-6,9-11H2,1H3,(H,16,17)/t12-,14+/m1/s1. The van der Waals surface area contributed by atoms with Crippen LogP contribution in [0, 0.1) is 5.92 Å². The third kappa shape index (κ3) is 3.57. The summed E-state index contributed by atoms with van der Waals surface area (Å²) in [6, 6.07) is 10.5. The fourth-order valence-electron chi connectivity index (χ4n) is 2.14. The van der Waals surface area contributed by atoms with Crippen LogP contribution in [0.1, 0.15) is 25.3 Å². The minimum Gasteiger partial charge on any atom is -0.378 e. The fraction of sp³-hybridized carbons (Fsp3) is 0.533. The van der Waals surface area contributed by atoms with Crippen molar-refractivity contribution >= 4 is 5.91 Å². The number of rotatable bonds is 7. The largest absolute Gasteiger partial charge is 0.378 e. The molecule has 18 heavy (non-hydrogen) atoms. The fourth-order valence-corrected chi connectivity index (χ4v) is 2.14. The second-order valence-corrected chi connectivity index (χ2v) is 4.87. The molecule has 1 aromatic carbocycles. The Bertz CT molecular complexity index is 377. The average molecular weight is 247 g/mol. The number of hydrogen-bond donors (Lipinski definition) is 1. The van der Waals surface area contributed by atoms with E-state index >= 15 is 0 Å². The van der Waals surface area contributed by atoms with Gasteiger partial charge in [-0.25, -0.2) is 0 Å². The van der Waals surface area contributed by atoms with E-state index in [2.05, 4.69) is 29.6 Å². The number of benzene rings is 1. The highest BCUT2D eigenvalue weighted by molar-refractivity contribution is 5.84. The third-order valence-electron chi connectivity index (χ3n) is 3.48. The van der Waals surface area contributed by atoms with Crippen LogP contribution in [0.3, 0.4) is 0 Å². The van der Waals surface area contributed by atoms with E-state index in [9.17, 15) is 4.79 Å². The number of aryl methyl sites for hydroxylation is 1. The second-order valence-electron chi connectivity index (χ2n) is 4.87. The van der Waals surface area contributed by atoms with Crippen LogP contribution in [-0.4, -0.2) is 25.2 Å². The number of β-lactam (4-membered cyclic amide) rings is 1. The molecule has 0 aromatic heterocycles. The quantitative estimate of drug-likeness (QED) is 0.592. The third-order valence-corrected chi connectivity index (χ3v) is 3.48. The van der Waals surface area contributed by atoms with Gasteiger partial charge in [-0.15, -0.1) is 0 Å². The molecule has 1 N–H and O–H groups in total. The maximum atomic E-state index is 11.2. The summed E-state index contributed by atoms with van der Waals surface area (Å²) in [6.07, 6.45) is 3.33. The molecule has 3 nitrogen and oxygen atoms in total. The lowest BCUT2D eigenvalue weighted by molar-refractivity contribution is -0.137. The first kappa shape index (κ1) is 13.1. The predicted molar refractivity (Wildman–Crippen MR) is 71.3 cm³/mol. The summed E-state index contributed by atoms with van der Waals surface area (Å²) in [4.78, 5) is 11.2. The van der Waals surface area contributed by atoms with Crippen molar-refractivity contribution in [1.82, 2.24) is 5.32 Å². The number of unbranched alkanes of at least 4 members (excludes halogenated alkanes) is 1. The second kappa shape index (κ2) is 6.55. The van der Waals surface area contributed by atoms with E-state index in [0.29, 0.717) is 0 Å². The predicted octanol–water partition coefficient (Wildman–Crippen LogP) is 2.16. The van der Waals surface area contributed by atoms with Crippen molar-refractivity contribution in [1.29, 1.82) is 0 Å². The minimum absolute atomic E-state index is 0.0514. The van der Waals surface area contributed by atoms with Gasteiger partial charge in [0, 0.05) is 13.2 Å². The summed E-state index contributed by atoms with van der Waals surface area (Å²) < 4.78 is 5.69. The van der Waals surface area contributed by atoms with Crippen LogP contribution < -0.4 is 5.32 Å². The molecule has 1 aliphatic rings. The van der Waals surface area contributed by atoms with Crippen LogP contribution in [0.15, 0.2) is 30.3 Å². The Morgan fingerprint density at radius 3 is 2.72 bits per heavy atom. The molecule has 0 bridgehead atoms. The van der Waals surface area contributed by atoms with Gasteiger partial charge >= 0.3 is 0 Å². The van der Waals surface area contributed by atoms with E-state index in [0.717, 1.165) is 32.4 Å². The highest BCUT2D eigenvalue weighted by Crippen LogP contribution is 2.14. The molecule has 98 valence electrons. The van der Waals surface area contributed by atoms with Crippen molar-refractivity contribution in [2.45, 2.75) is 32.3 Å². The van der Waals surface area contributed by atoms with Gasteiger partial charge in [0.2, 0.25) is 5.91 Å². The smallest absolute Gasteiger partial charge is 0.227 e. The lowest BCUT2D eigenvalue weighted by Gasteiger charge is -2.31. The number of nitrogens with one attached hydrogen (secondary N) is 1.